The molecule has 1 aromatic rings. The highest BCUT2D eigenvalue weighted by atomic mass is 32.2. The SMILES string of the molecule is CCc1nc(NN)cc(NCCSC(F)(F)F)n1. The van der Waals surface area contributed by atoms with Crippen molar-refractivity contribution >= 4 is 23.4 Å². The third kappa shape index (κ3) is 5.41. The number of aromatic nitrogens is 2. The molecule has 4 N–H and O–H groups in total. The van der Waals surface area contributed by atoms with E-state index in [2.05, 4.69) is 20.7 Å². The quantitative estimate of drug-likeness (QED) is 0.420. The van der Waals surface area contributed by atoms with Crippen molar-refractivity contribution in [1.29, 1.82) is 0 Å². The lowest BCUT2D eigenvalue weighted by atomic mass is 10.4. The molecule has 0 fully saturated rings. The second-order valence-electron chi connectivity index (χ2n) is 3.27. The van der Waals surface area contributed by atoms with Gasteiger partial charge in [0.1, 0.15) is 17.5 Å². The van der Waals surface area contributed by atoms with Crippen molar-refractivity contribution in [2.75, 3.05) is 23.0 Å². The average molecular weight is 281 g/mol. The van der Waals surface area contributed by atoms with Crippen molar-refractivity contribution < 1.29 is 13.2 Å². The monoisotopic (exact) mass is 281 g/mol. The molecular weight excluding hydrogens is 267 g/mol. The number of rotatable bonds is 6. The summed E-state index contributed by atoms with van der Waals surface area (Å²) in [5.41, 5.74) is -1.82. The van der Waals surface area contributed by atoms with Gasteiger partial charge in [-0.2, -0.15) is 13.2 Å². The van der Waals surface area contributed by atoms with Crippen molar-refractivity contribution in [1.82, 2.24) is 9.97 Å². The van der Waals surface area contributed by atoms with E-state index >= 15 is 0 Å². The molecule has 0 atom stereocenters. The number of nitrogen functional groups attached to an aromatic ring is 1. The minimum Gasteiger partial charge on any atom is -0.369 e. The Labute approximate surface area is 107 Å². The Morgan fingerprint density at radius 3 is 2.56 bits per heavy atom. The van der Waals surface area contributed by atoms with E-state index < -0.39 is 5.51 Å². The topological polar surface area (TPSA) is 75.9 Å². The van der Waals surface area contributed by atoms with Gasteiger partial charge in [0.05, 0.1) is 0 Å². The van der Waals surface area contributed by atoms with Gasteiger partial charge in [-0.25, -0.2) is 15.8 Å². The second-order valence-corrected chi connectivity index (χ2v) is 4.43. The van der Waals surface area contributed by atoms with Gasteiger partial charge in [0, 0.05) is 24.8 Å². The number of thioether (sulfide) groups is 1. The third-order valence-corrected chi connectivity index (χ3v) is 2.65. The van der Waals surface area contributed by atoms with Gasteiger partial charge in [0.15, 0.2) is 0 Å². The Balaban J connectivity index is 2.51. The molecule has 102 valence electrons. The zero-order chi connectivity index (χ0) is 13.6. The average Bonchev–Trinajstić information content (AvgIpc) is 2.33. The fraction of sp³-hybridized carbons (Fsp3) is 0.556. The Hall–Kier alpha value is -1.22. The fourth-order valence-corrected chi connectivity index (χ4v) is 1.60. The highest BCUT2D eigenvalue weighted by Crippen LogP contribution is 2.29. The molecule has 1 rings (SSSR count). The molecule has 0 bridgehead atoms. The standard InChI is InChI=1S/C9H14F3N5S/c1-2-6-15-7(5-8(16-6)17-13)14-3-4-18-9(10,11)12/h5H,2-4,13H2,1H3,(H2,14,15,16,17). The predicted molar refractivity (Wildman–Crippen MR) is 66.2 cm³/mol. The lowest BCUT2D eigenvalue weighted by Crippen LogP contribution is -2.14. The Morgan fingerprint density at radius 2 is 2.00 bits per heavy atom. The van der Waals surface area contributed by atoms with E-state index in [9.17, 15) is 13.2 Å². The lowest BCUT2D eigenvalue weighted by molar-refractivity contribution is -0.0327. The maximum absolute atomic E-state index is 11.9. The molecule has 1 heterocycles. The van der Waals surface area contributed by atoms with Gasteiger partial charge < -0.3 is 10.7 Å². The number of anilines is 2. The van der Waals surface area contributed by atoms with E-state index in [1.54, 1.807) is 0 Å². The normalized spacial score (nSPS) is 11.4. The van der Waals surface area contributed by atoms with Gasteiger partial charge in [-0.1, -0.05) is 6.92 Å². The summed E-state index contributed by atoms with van der Waals surface area (Å²) in [7, 11) is 0. The molecule has 0 radical (unpaired) electrons. The molecule has 0 unspecified atom stereocenters. The number of alkyl halides is 3. The molecule has 0 spiro atoms. The van der Waals surface area contributed by atoms with Crippen molar-refractivity contribution in [3.63, 3.8) is 0 Å². The highest BCUT2D eigenvalue weighted by molar-refractivity contribution is 8.00. The molecule has 0 aromatic carbocycles. The second kappa shape index (κ2) is 6.64. The molecule has 1 aromatic heterocycles. The first-order valence-electron chi connectivity index (χ1n) is 5.23. The van der Waals surface area contributed by atoms with Crippen LogP contribution in [0.5, 0.6) is 0 Å². The first-order valence-corrected chi connectivity index (χ1v) is 6.22. The number of hydrogen-bond donors (Lipinski definition) is 3. The predicted octanol–water partition coefficient (Wildman–Crippen LogP) is 1.99. The van der Waals surface area contributed by atoms with Crippen LogP contribution in [0.3, 0.4) is 0 Å². The number of hydrazine groups is 1. The summed E-state index contributed by atoms with van der Waals surface area (Å²) in [6.07, 6.45) is 0.613. The van der Waals surface area contributed by atoms with Crippen LogP contribution in [-0.2, 0) is 6.42 Å². The summed E-state index contributed by atoms with van der Waals surface area (Å²) >= 11 is -0.0735. The van der Waals surface area contributed by atoms with Crippen molar-refractivity contribution in [2.24, 2.45) is 5.84 Å². The van der Waals surface area contributed by atoms with Crippen LogP contribution in [-0.4, -0.2) is 27.8 Å². The number of halogens is 3. The van der Waals surface area contributed by atoms with Gasteiger partial charge in [-0.3, -0.25) is 0 Å². The highest BCUT2D eigenvalue weighted by Gasteiger charge is 2.27. The van der Waals surface area contributed by atoms with Gasteiger partial charge in [-0.05, 0) is 11.8 Å². The van der Waals surface area contributed by atoms with E-state index in [0.717, 1.165) is 0 Å². The van der Waals surface area contributed by atoms with Gasteiger partial charge in [0.2, 0.25) is 0 Å². The van der Waals surface area contributed by atoms with Crippen LogP contribution in [0.1, 0.15) is 12.7 Å². The van der Waals surface area contributed by atoms with Gasteiger partial charge in [-0.15, -0.1) is 0 Å². The Bertz CT molecular complexity index is 363. The smallest absolute Gasteiger partial charge is 0.369 e. The lowest BCUT2D eigenvalue weighted by Gasteiger charge is -2.09. The minimum atomic E-state index is -4.20. The molecule has 9 heteroatoms. The summed E-state index contributed by atoms with van der Waals surface area (Å²) in [6, 6.07) is 1.54. The van der Waals surface area contributed by atoms with Crippen LogP contribution in [0, 0.1) is 0 Å². The zero-order valence-corrected chi connectivity index (χ0v) is 10.5. The summed E-state index contributed by atoms with van der Waals surface area (Å²) < 4.78 is 35.7. The molecule has 0 aliphatic heterocycles. The maximum atomic E-state index is 11.9. The first-order chi connectivity index (χ1) is 8.44. The zero-order valence-electron chi connectivity index (χ0n) is 9.71. The van der Waals surface area contributed by atoms with E-state index in [-0.39, 0.29) is 24.1 Å². The number of nitrogens with one attached hydrogen (secondary N) is 2. The molecule has 0 saturated carbocycles. The van der Waals surface area contributed by atoms with E-state index in [1.165, 1.54) is 6.07 Å². The molecule has 0 aliphatic carbocycles. The number of nitrogens with zero attached hydrogens (tertiary/aromatic N) is 2. The Morgan fingerprint density at radius 1 is 1.33 bits per heavy atom. The molecule has 0 aliphatic rings. The van der Waals surface area contributed by atoms with Crippen molar-refractivity contribution in [2.45, 2.75) is 18.9 Å². The number of hydrogen-bond acceptors (Lipinski definition) is 6. The van der Waals surface area contributed by atoms with Crippen molar-refractivity contribution in [3.05, 3.63) is 11.9 Å². The Kier molecular flexibility index (Phi) is 5.48. The largest absolute Gasteiger partial charge is 0.441 e. The minimum absolute atomic E-state index is 0.0735. The van der Waals surface area contributed by atoms with Crippen LogP contribution in [0.2, 0.25) is 0 Å². The van der Waals surface area contributed by atoms with Gasteiger partial charge >= 0.3 is 5.51 Å². The van der Waals surface area contributed by atoms with Crippen LogP contribution in [0.25, 0.3) is 0 Å². The van der Waals surface area contributed by atoms with Crippen LogP contribution in [0.4, 0.5) is 24.8 Å². The van der Waals surface area contributed by atoms with E-state index in [0.29, 0.717) is 23.9 Å². The molecule has 0 saturated heterocycles. The summed E-state index contributed by atoms with van der Waals surface area (Å²) in [5.74, 6) is 6.60. The van der Waals surface area contributed by atoms with Crippen molar-refractivity contribution in [3.8, 4) is 0 Å². The summed E-state index contributed by atoms with van der Waals surface area (Å²) in [5, 5.41) is 2.80. The summed E-state index contributed by atoms with van der Waals surface area (Å²) in [6.45, 7) is 2.03. The van der Waals surface area contributed by atoms with E-state index in [1.807, 2.05) is 6.92 Å². The van der Waals surface area contributed by atoms with E-state index in [4.69, 9.17) is 5.84 Å². The maximum Gasteiger partial charge on any atom is 0.441 e. The molecule has 18 heavy (non-hydrogen) atoms. The molecule has 5 nitrogen and oxygen atoms in total. The van der Waals surface area contributed by atoms with Crippen LogP contribution >= 0.6 is 11.8 Å². The van der Waals surface area contributed by atoms with Crippen LogP contribution < -0.4 is 16.6 Å². The number of nitrogens with two attached hydrogens (primary N) is 1. The summed E-state index contributed by atoms with van der Waals surface area (Å²) in [4.78, 5) is 8.19. The molecular formula is C9H14F3N5S. The fourth-order valence-electron chi connectivity index (χ4n) is 1.17. The van der Waals surface area contributed by atoms with Crippen LogP contribution in [0.15, 0.2) is 6.07 Å². The number of aryl methyl sites for hydroxylation is 1. The molecule has 0 amide bonds. The van der Waals surface area contributed by atoms with Gasteiger partial charge in [0.25, 0.3) is 0 Å². The first kappa shape index (κ1) is 14.8. The third-order valence-electron chi connectivity index (χ3n) is 1.91.